The number of hydrogen-bond acceptors (Lipinski definition) is 4. The van der Waals surface area contributed by atoms with E-state index >= 15 is 0 Å². The first-order valence-corrected chi connectivity index (χ1v) is 5.77. The molecule has 5 heteroatoms. The monoisotopic (exact) mass is 248 g/mol. The molecule has 0 spiro atoms. The van der Waals surface area contributed by atoms with Gasteiger partial charge in [0.2, 0.25) is 0 Å². The number of pyridine rings is 1. The molecule has 0 bridgehead atoms. The highest BCUT2D eigenvalue weighted by molar-refractivity contribution is 6.29. The molecular weight excluding hydrogens is 236 g/mol. The first-order chi connectivity index (χ1) is 8.24. The van der Waals surface area contributed by atoms with Gasteiger partial charge in [0.05, 0.1) is 0 Å². The molecule has 0 saturated heterocycles. The Labute approximate surface area is 105 Å². The minimum absolute atomic E-state index is 0.456. The highest BCUT2D eigenvalue weighted by atomic mass is 35.5. The molecule has 0 fully saturated rings. The lowest BCUT2D eigenvalue weighted by Gasteiger charge is -2.06. The molecule has 2 aromatic rings. The number of aromatic nitrogens is 3. The van der Waals surface area contributed by atoms with Gasteiger partial charge >= 0.3 is 0 Å². The third-order valence-electron chi connectivity index (χ3n) is 2.22. The summed E-state index contributed by atoms with van der Waals surface area (Å²) in [5.41, 5.74) is 1.05. The zero-order chi connectivity index (χ0) is 12.1. The summed E-state index contributed by atoms with van der Waals surface area (Å²) in [5.74, 6) is 1.41. The van der Waals surface area contributed by atoms with Gasteiger partial charge in [-0.25, -0.2) is 9.97 Å². The van der Waals surface area contributed by atoms with Gasteiger partial charge in [-0.05, 0) is 19.1 Å². The van der Waals surface area contributed by atoms with E-state index in [4.69, 9.17) is 11.6 Å². The second kappa shape index (κ2) is 5.59. The summed E-state index contributed by atoms with van der Waals surface area (Å²) >= 11 is 5.84. The molecule has 0 radical (unpaired) electrons. The van der Waals surface area contributed by atoms with E-state index in [9.17, 15) is 0 Å². The minimum Gasteiger partial charge on any atom is -0.370 e. The van der Waals surface area contributed by atoms with Crippen molar-refractivity contribution in [1.29, 1.82) is 0 Å². The van der Waals surface area contributed by atoms with E-state index in [1.54, 1.807) is 12.3 Å². The van der Waals surface area contributed by atoms with Gasteiger partial charge in [0, 0.05) is 30.9 Å². The molecule has 1 N–H and O–H groups in total. The van der Waals surface area contributed by atoms with Crippen molar-refractivity contribution in [3.8, 4) is 0 Å². The van der Waals surface area contributed by atoms with Crippen LogP contribution < -0.4 is 5.32 Å². The third kappa shape index (κ3) is 3.67. The normalized spacial score (nSPS) is 10.2. The van der Waals surface area contributed by atoms with Crippen molar-refractivity contribution < 1.29 is 0 Å². The number of hydrogen-bond donors (Lipinski definition) is 1. The van der Waals surface area contributed by atoms with Crippen LogP contribution in [0.5, 0.6) is 0 Å². The molecular formula is C12H13ClN4. The van der Waals surface area contributed by atoms with Crippen LogP contribution >= 0.6 is 11.6 Å². The Morgan fingerprint density at radius 1 is 1.29 bits per heavy atom. The van der Waals surface area contributed by atoms with Crippen LogP contribution in [0.15, 0.2) is 30.5 Å². The second-order valence-corrected chi connectivity index (χ2v) is 4.01. The maximum Gasteiger partial charge on any atom is 0.134 e. The first-order valence-electron chi connectivity index (χ1n) is 5.39. The van der Waals surface area contributed by atoms with Gasteiger partial charge in [-0.2, -0.15) is 0 Å². The molecule has 0 aliphatic heterocycles. The Kier molecular flexibility index (Phi) is 3.88. The summed E-state index contributed by atoms with van der Waals surface area (Å²) in [6.07, 6.45) is 2.64. The third-order valence-corrected chi connectivity index (χ3v) is 2.41. The lowest BCUT2D eigenvalue weighted by molar-refractivity contribution is 0.943. The zero-order valence-corrected chi connectivity index (χ0v) is 10.3. The topological polar surface area (TPSA) is 50.7 Å². The number of nitrogens with zero attached hydrogens (tertiary/aromatic N) is 3. The van der Waals surface area contributed by atoms with E-state index < -0.39 is 0 Å². The Balaban J connectivity index is 1.90. The maximum atomic E-state index is 5.84. The van der Waals surface area contributed by atoms with Crippen LogP contribution in [0, 0.1) is 6.92 Å². The highest BCUT2D eigenvalue weighted by Gasteiger charge is 1.99. The minimum atomic E-state index is 0.456. The van der Waals surface area contributed by atoms with Gasteiger partial charge in [-0.1, -0.05) is 17.7 Å². The van der Waals surface area contributed by atoms with E-state index in [2.05, 4.69) is 20.3 Å². The Morgan fingerprint density at radius 3 is 2.88 bits per heavy atom. The van der Waals surface area contributed by atoms with Gasteiger partial charge in [-0.15, -0.1) is 0 Å². The van der Waals surface area contributed by atoms with Crippen molar-refractivity contribution in [2.45, 2.75) is 13.3 Å². The average Bonchev–Trinajstić information content (AvgIpc) is 2.29. The van der Waals surface area contributed by atoms with Crippen LogP contribution in [0.3, 0.4) is 0 Å². The fraction of sp³-hybridized carbons (Fsp3) is 0.250. The molecule has 0 aromatic carbocycles. The summed E-state index contributed by atoms with van der Waals surface area (Å²) in [6.45, 7) is 2.58. The van der Waals surface area contributed by atoms with Crippen molar-refractivity contribution in [3.05, 3.63) is 47.1 Å². The number of halogens is 1. The number of aryl methyl sites for hydroxylation is 1. The molecule has 0 unspecified atom stereocenters. The number of anilines is 1. The molecule has 0 saturated carbocycles. The van der Waals surface area contributed by atoms with Crippen molar-refractivity contribution in [3.63, 3.8) is 0 Å². The van der Waals surface area contributed by atoms with Crippen molar-refractivity contribution in [1.82, 2.24) is 15.0 Å². The number of rotatable bonds is 4. The van der Waals surface area contributed by atoms with Gasteiger partial charge < -0.3 is 5.32 Å². The molecule has 17 heavy (non-hydrogen) atoms. The van der Waals surface area contributed by atoms with Gasteiger partial charge in [-0.3, -0.25) is 4.98 Å². The van der Waals surface area contributed by atoms with E-state index in [0.717, 1.165) is 24.5 Å². The van der Waals surface area contributed by atoms with E-state index in [1.165, 1.54) is 0 Å². The van der Waals surface area contributed by atoms with Crippen LogP contribution in [-0.2, 0) is 6.42 Å². The van der Waals surface area contributed by atoms with Crippen LogP contribution in [0.25, 0.3) is 0 Å². The maximum absolute atomic E-state index is 5.84. The SMILES string of the molecule is Cc1nc(Cl)cc(NCCc2ccccn2)n1. The molecule has 2 aromatic heterocycles. The van der Waals surface area contributed by atoms with Crippen LogP contribution in [-0.4, -0.2) is 21.5 Å². The molecule has 0 amide bonds. The Bertz CT molecular complexity index is 467. The standard InChI is InChI=1S/C12H13ClN4/c1-9-16-11(13)8-12(17-9)15-7-5-10-4-2-3-6-14-10/h2-4,6,8H,5,7H2,1H3,(H,15,16,17). The van der Waals surface area contributed by atoms with Crippen molar-refractivity contribution >= 4 is 17.4 Å². The number of nitrogens with one attached hydrogen (secondary N) is 1. The molecule has 0 aliphatic rings. The Morgan fingerprint density at radius 2 is 2.18 bits per heavy atom. The predicted molar refractivity (Wildman–Crippen MR) is 68.2 cm³/mol. The second-order valence-electron chi connectivity index (χ2n) is 3.62. The van der Waals surface area contributed by atoms with Gasteiger partial charge in [0.1, 0.15) is 16.8 Å². The summed E-state index contributed by atoms with van der Waals surface area (Å²) in [5, 5.41) is 3.66. The zero-order valence-electron chi connectivity index (χ0n) is 9.52. The van der Waals surface area contributed by atoms with E-state index in [0.29, 0.717) is 11.0 Å². The summed E-state index contributed by atoms with van der Waals surface area (Å²) < 4.78 is 0. The Hall–Kier alpha value is -1.68. The summed E-state index contributed by atoms with van der Waals surface area (Å²) in [7, 11) is 0. The highest BCUT2D eigenvalue weighted by Crippen LogP contribution is 2.10. The smallest absolute Gasteiger partial charge is 0.134 e. The van der Waals surface area contributed by atoms with Crippen LogP contribution in [0.1, 0.15) is 11.5 Å². The first kappa shape index (κ1) is 11.8. The lowest BCUT2D eigenvalue weighted by Crippen LogP contribution is -2.08. The van der Waals surface area contributed by atoms with Crippen molar-refractivity contribution in [2.75, 3.05) is 11.9 Å². The quantitative estimate of drug-likeness (QED) is 0.845. The van der Waals surface area contributed by atoms with Crippen molar-refractivity contribution in [2.24, 2.45) is 0 Å². The summed E-state index contributed by atoms with van der Waals surface area (Å²) in [6, 6.07) is 7.60. The van der Waals surface area contributed by atoms with Crippen LogP contribution in [0.4, 0.5) is 5.82 Å². The fourth-order valence-electron chi connectivity index (χ4n) is 1.49. The van der Waals surface area contributed by atoms with Gasteiger partial charge in [0.25, 0.3) is 0 Å². The molecule has 2 rings (SSSR count). The average molecular weight is 249 g/mol. The lowest BCUT2D eigenvalue weighted by atomic mass is 10.3. The molecule has 0 atom stereocenters. The molecule has 88 valence electrons. The van der Waals surface area contributed by atoms with E-state index in [1.807, 2.05) is 25.1 Å². The predicted octanol–water partition coefficient (Wildman–Crippen LogP) is 2.49. The van der Waals surface area contributed by atoms with Crippen LogP contribution in [0.2, 0.25) is 5.15 Å². The fourth-order valence-corrected chi connectivity index (χ4v) is 1.71. The molecule has 4 nitrogen and oxygen atoms in total. The van der Waals surface area contributed by atoms with E-state index in [-0.39, 0.29) is 0 Å². The summed E-state index contributed by atoms with van der Waals surface area (Å²) in [4.78, 5) is 12.5. The largest absolute Gasteiger partial charge is 0.370 e. The van der Waals surface area contributed by atoms with Gasteiger partial charge in [0.15, 0.2) is 0 Å². The molecule has 2 heterocycles. The molecule has 0 aliphatic carbocycles.